The summed E-state index contributed by atoms with van der Waals surface area (Å²) in [6.07, 6.45) is 0.590. The van der Waals surface area contributed by atoms with Crippen LogP contribution in [0.3, 0.4) is 0 Å². The highest BCUT2D eigenvalue weighted by Gasteiger charge is 2.02. The predicted molar refractivity (Wildman–Crippen MR) is 40.3 cm³/mol. The zero-order valence-electron chi connectivity index (χ0n) is 6.73. The summed E-state index contributed by atoms with van der Waals surface area (Å²) in [6.45, 7) is 8.00. The van der Waals surface area contributed by atoms with E-state index in [0.717, 1.165) is 12.0 Å². The second-order valence-corrected chi connectivity index (χ2v) is 2.61. The van der Waals surface area contributed by atoms with Gasteiger partial charge < -0.3 is 5.11 Å². The van der Waals surface area contributed by atoms with E-state index in [2.05, 4.69) is 0 Å². The Morgan fingerprint density at radius 1 is 1.33 bits per heavy atom. The maximum absolute atomic E-state index is 9.24. The fraction of sp³-hybridized carbons (Fsp3) is 0.750. The lowest BCUT2D eigenvalue weighted by molar-refractivity contribution is 0.205. The van der Waals surface area contributed by atoms with Crippen molar-refractivity contribution >= 4 is 0 Å². The minimum Gasteiger partial charge on any atom is -0.389 e. The molecule has 1 N–H and O–H groups in total. The van der Waals surface area contributed by atoms with E-state index >= 15 is 0 Å². The highest BCUT2D eigenvalue weighted by atomic mass is 16.3. The lowest BCUT2D eigenvalue weighted by atomic mass is 10.1. The van der Waals surface area contributed by atoms with Crippen LogP contribution in [0.4, 0.5) is 0 Å². The summed E-state index contributed by atoms with van der Waals surface area (Å²) in [4.78, 5) is 0. The van der Waals surface area contributed by atoms with Gasteiger partial charge in [-0.2, -0.15) is 0 Å². The van der Waals surface area contributed by atoms with Crippen LogP contribution in [0.2, 0.25) is 0 Å². The summed E-state index contributed by atoms with van der Waals surface area (Å²) in [7, 11) is 0. The summed E-state index contributed by atoms with van der Waals surface area (Å²) in [6, 6.07) is 0. The number of rotatable bonds is 2. The molecule has 1 atom stereocenters. The molecule has 0 saturated heterocycles. The molecule has 0 aromatic heterocycles. The summed E-state index contributed by atoms with van der Waals surface area (Å²) in [5.74, 6) is 0. The highest BCUT2D eigenvalue weighted by Crippen LogP contribution is 2.09. The lowest BCUT2D eigenvalue weighted by Gasteiger charge is -2.09. The van der Waals surface area contributed by atoms with Gasteiger partial charge in [-0.1, -0.05) is 12.5 Å². The summed E-state index contributed by atoms with van der Waals surface area (Å²) in [5, 5.41) is 9.24. The Kier molecular flexibility index (Phi) is 3.55. The van der Waals surface area contributed by atoms with Crippen LogP contribution in [-0.2, 0) is 0 Å². The molecule has 54 valence electrons. The Hall–Kier alpha value is -0.300. The van der Waals surface area contributed by atoms with Crippen molar-refractivity contribution in [3.8, 4) is 0 Å². The number of hydrogen-bond donors (Lipinski definition) is 1. The van der Waals surface area contributed by atoms with Gasteiger partial charge in [-0.25, -0.2) is 0 Å². The van der Waals surface area contributed by atoms with Crippen LogP contribution in [0.1, 0.15) is 34.1 Å². The van der Waals surface area contributed by atoms with E-state index in [1.807, 2.05) is 27.7 Å². The molecule has 0 saturated carbocycles. The third-order valence-corrected chi connectivity index (χ3v) is 1.68. The number of hydrogen-bond acceptors (Lipinski definition) is 1. The predicted octanol–water partition coefficient (Wildman–Crippen LogP) is 2.11. The molecule has 0 heterocycles. The average molecular weight is 128 g/mol. The van der Waals surface area contributed by atoms with Crippen molar-refractivity contribution in [2.24, 2.45) is 0 Å². The first kappa shape index (κ1) is 8.70. The molecule has 1 nitrogen and oxygen atoms in total. The molecular weight excluding hydrogens is 112 g/mol. The first-order valence-corrected chi connectivity index (χ1v) is 3.41. The van der Waals surface area contributed by atoms with Crippen LogP contribution >= 0.6 is 0 Å². The third kappa shape index (κ3) is 2.66. The summed E-state index contributed by atoms with van der Waals surface area (Å²) < 4.78 is 0. The molecule has 1 heteroatoms. The largest absolute Gasteiger partial charge is 0.389 e. The van der Waals surface area contributed by atoms with Gasteiger partial charge in [-0.15, -0.1) is 0 Å². The van der Waals surface area contributed by atoms with Crippen molar-refractivity contribution in [2.45, 2.75) is 40.2 Å². The van der Waals surface area contributed by atoms with Crippen LogP contribution in [0.25, 0.3) is 0 Å². The van der Waals surface area contributed by atoms with E-state index in [1.165, 1.54) is 5.57 Å². The van der Waals surface area contributed by atoms with Crippen molar-refractivity contribution in [3.63, 3.8) is 0 Å². The second kappa shape index (κ2) is 3.67. The Morgan fingerprint density at radius 2 is 1.78 bits per heavy atom. The summed E-state index contributed by atoms with van der Waals surface area (Å²) in [5.41, 5.74) is 2.34. The molecule has 0 aliphatic carbocycles. The van der Waals surface area contributed by atoms with E-state index in [0.29, 0.717) is 0 Å². The van der Waals surface area contributed by atoms with Gasteiger partial charge in [-0.05, 0) is 32.8 Å². The Balaban J connectivity index is 4.02. The molecule has 0 aliphatic rings. The van der Waals surface area contributed by atoms with Gasteiger partial charge in [-0.3, -0.25) is 0 Å². The fourth-order valence-electron chi connectivity index (χ4n) is 0.639. The minimum atomic E-state index is -0.227. The minimum absolute atomic E-state index is 0.227. The van der Waals surface area contributed by atoms with Crippen molar-refractivity contribution in [1.82, 2.24) is 0 Å². The first-order valence-electron chi connectivity index (χ1n) is 3.41. The molecule has 0 radical (unpaired) electrons. The number of aliphatic hydroxyl groups excluding tert-OH is 1. The Morgan fingerprint density at radius 3 is 1.89 bits per heavy atom. The molecule has 0 fully saturated rings. The van der Waals surface area contributed by atoms with E-state index in [1.54, 1.807) is 0 Å². The number of aliphatic hydroxyl groups is 1. The maximum atomic E-state index is 9.24. The van der Waals surface area contributed by atoms with Crippen LogP contribution in [-0.4, -0.2) is 11.2 Å². The standard InChI is InChI=1S/C8H16O/c1-5-8(9)7(4)6(2)3/h8-9H,5H2,1-4H3. The molecule has 0 aromatic carbocycles. The highest BCUT2D eigenvalue weighted by molar-refractivity contribution is 5.10. The molecule has 0 rings (SSSR count). The van der Waals surface area contributed by atoms with Gasteiger partial charge in [0.2, 0.25) is 0 Å². The topological polar surface area (TPSA) is 20.2 Å². The maximum Gasteiger partial charge on any atom is 0.0747 e. The Bertz CT molecular complexity index is 110. The van der Waals surface area contributed by atoms with Gasteiger partial charge in [0.25, 0.3) is 0 Å². The van der Waals surface area contributed by atoms with Gasteiger partial charge in [0, 0.05) is 0 Å². The zero-order chi connectivity index (χ0) is 7.44. The van der Waals surface area contributed by atoms with Crippen molar-refractivity contribution in [2.75, 3.05) is 0 Å². The molecular formula is C8H16O. The van der Waals surface area contributed by atoms with Crippen LogP contribution in [0, 0.1) is 0 Å². The van der Waals surface area contributed by atoms with Gasteiger partial charge in [0.15, 0.2) is 0 Å². The second-order valence-electron chi connectivity index (χ2n) is 2.61. The molecule has 1 unspecified atom stereocenters. The molecule has 0 aromatic rings. The number of allylic oxidation sites excluding steroid dienone is 1. The fourth-order valence-corrected chi connectivity index (χ4v) is 0.639. The zero-order valence-corrected chi connectivity index (χ0v) is 6.73. The average Bonchev–Trinajstić information content (AvgIpc) is 1.84. The van der Waals surface area contributed by atoms with E-state index in [4.69, 9.17) is 0 Å². The Labute approximate surface area is 57.4 Å². The molecule has 9 heavy (non-hydrogen) atoms. The monoisotopic (exact) mass is 128 g/mol. The molecule has 0 spiro atoms. The van der Waals surface area contributed by atoms with Crippen LogP contribution < -0.4 is 0 Å². The smallest absolute Gasteiger partial charge is 0.0747 e. The van der Waals surface area contributed by atoms with E-state index in [9.17, 15) is 5.11 Å². The van der Waals surface area contributed by atoms with Crippen LogP contribution in [0.15, 0.2) is 11.1 Å². The summed E-state index contributed by atoms with van der Waals surface area (Å²) >= 11 is 0. The molecule has 0 bridgehead atoms. The van der Waals surface area contributed by atoms with E-state index in [-0.39, 0.29) is 6.10 Å². The van der Waals surface area contributed by atoms with Gasteiger partial charge in [0.1, 0.15) is 0 Å². The van der Waals surface area contributed by atoms with E-state index < -0.39 is 0 Å². The SMILES string of the molecule is CCC(O)C(C)=C(C)C. The first-order chi connectivity index (χ1) is 4.09. The van der Waals surface area contributed by atoms with Crippen molar-refractivity contribution in [3.05, 3.63) is 11.1 Å². The van der Waals surface area contributed by atoms with Gasteiger partial charge >= 0.3 is 0 Å². The lowest BCUT2D eigenvalue weighted by Crippen LogP contribution is -2.06. The molecule has 0 amide bonds. The molecule has 0 aliphatic heterocycles. The quantitative estimate of drug-likeness (QED) is 0.565. The normalized spacial score (nSPS) is 13.0. The van der Waals surface area contributed by atoms with Crippen LogP contribution in [0.5, 0.6) is 0 Å². The van der Waals surface area contributed by atoms with Crippen molar-refractivity contribution < 1.29 is 5.11 Å². The third-order valence-electron chi connectivity index (χ3n) is 1.68. The van der Waals surface area contributed by atoms with Crippen molar-refractivity contribution in [1.29, 1.82) is 0 Å². The van der Waals surface area contributed by atoms with Gasteiger partial charge in [0.05, 0.1) is 6.10 Å².